The number of anilines is 1. The summed E-state index contributed by atoms with van der Waals surface area (Å²) in [5.74, 6) is -1.08. The maximum Gasteiger partial charge on any atom is 0.299 e. The molecule has 19 heavy (non-hydrogen) atoms. The van der Waals surface area contributed by atoms with Gasteiger partial charge in [0.25, 0.3) is 11.7 Å². The Labute approximate surface area is 107 Å². The summed E-state index contributed by atoms with van der Waals surface area (Å²) in [6.45, 7) is 0. The molecule has 0 aliphatic heterocycles. The summed E-state index contributed by atoms with van der Waals surface area (Å²) in [6.07, 6.45) is 4.59. The second kappa shape index (κ2) is 4.41. The molecule has 0 bridgehead atoms. The van der Waals surface area contributed by atoms with Gasteiger partial charge in [-0.25, -0.2) is 4.98 Å². The minimum atomic E-state index is -0.722. The van der Waals surface area contributed by atoms with E-state index in [1.165, 1.54) is 12.4 Å². The topological polar surface area (TPSA) is 90.6 Å². The normalized spacial score (nSPS) is 10.5. The molecule has 2 heterocycles. The van der Waals surface area contributed by atoms with Gasteiger partial charge >= 0.3 is 0 Å². The van der Waals surface area contributed by atoms with E-state index < -0.39 is 11.7 Å². The van der Waals surface area contributed by atoms with Gasteiger partial charge in [0.05, 0.1) is 5.56 Å². The molecule has 0 aliphatic rings. The number of H-pyrrole nitrogens is 2. The molecule has 2 aromatic heterocycles. The van der Waals surface area contributed by atoms with E-state index in [1.54, 1.807) is 12.3 Å². The molecule has 0 unspecified atom stereocenters. The van der Waals surface area contributed by atoms with Gasteiger partial charge in [0, 0.05) is 29.5 Å². The number of fused-ring (bicyclic) bond motifs is 1. The lowest BCUT2D eigenvalue weighted by molar-refractivity contribution is -0.112. The van der Waals surface area contributed by atoms with E-state index in [1.807, 2.05) is 18.2 Å². The number of ketones is 1. The maximum atomic E-state index is 12.1. The SMILES string of the molecule is O=C(Nc1ncc[nH]1)C(=O)c1c[nH]c2ccccc12. The molecule has 1 aromatic carbocycles. The molecule has 3 rings (SSSR count). The van der Waals surface area contributed by atoms with Crippen LogP contribution in [0, 0.1) is 0 Å². The van der Waals surface area contributed by atoms with Crippen LogP contribution < -0.4 is 5.32 Å². The molecule has 0 saturated carbocycles. The van der Waals surface area contributed by atoms with Crippen molar-refractivity contribution in [1.29, 1.82) is 0 Å². The van der Waals surface area contributed by atoms with Gasteiger partial charge < -0.3 is 9.97 Å². The molecule has 0 atom stereocenters. The summed E-state index contributed by atoms with van der Waals surface area (Å²) in [4.78, 5) is 33.4. The van der Waals surface area contributed by atoms with Crippen LogP contribution in [-0.2, 0) is 4.79 Å². The van der Waals surface area contributed by atoms with Gasteiger partial charge in [-0.2, -0.15) is 0 Å². The van der Waals surface area contributed by atoms with E-state index in [2.05, 4.69) is 20.3 Å². The second-order valence-electron chi connectivity index (χ2n) is 3.97. The van der Waals surface area contributed by atoms with Gasteiger partial charge in [0.15, 0.2) is 0 Å². The van der Waals surface area contributed by atoms with E-state index >= 15 is 0 Å². The van der Waals surface area contributed by atoms with Crippen molar-refractivity contribution in [3.8, 4) is 0 Å². The van der Waals surface area contributed by atoms with Crippen molar-refractivity contribution in [3.05, 3.63) is 48.4 Å². The average molecular weight is 254 g/mol. The summed E-state index contributed by atoms with van der Waals surface area (Å²) >= 11 is 0. The first-order valence-corrected chi connectivity index (χ1v) is 5.67. The number of carbonyl (C=O) groups is 2. The number of hydrogen-bond donors (Lipinski definition) is 3. The molecule has 0 fully saturated rings. The number of aromatic amines is 2. The fourth-order valence-electron chi connectivity index (χ4n) is 1.88. The number of imidazole rings is 1. The minimum Gasteiger partial charge on any atom is -0.360 e. The van der Waals surface area contributed by atoms with Crippen LogP contribution >= 0.6 is 0 Å². The van der Waals surface area contributed by atoms with Crippen molar-refractivity contribution < 1.29 is 9.59 Å². The van der Waals surface area contributed by atoms with Crippen LogP contribution in [0.15, 0.2) is 42.9 Å². The lowest BCUT2D eigenvalue weighted by atomic mass is 10.1. The number of carbonyl (C=O) groups excluding carboxylic acids is 2. The molecule has 6 heteroatoms. The molecule has 0 spiro atoms. The molecular weight excluding hydrogens is 244 g/mol. The van der Waals surface area contributed by atoms with Gasteiger partial charge in [-0.1, -0.05) is 18.2 Å². The number of nitrogens with one attached hydrogen (secondary N) is 3. The summed E-state index contributed by atoms with van der Waals surface area (Å²) < 4.78 is 0. The number of para-hydroxylation sites is 1. The Morgan fingerprint density at radius 1 is 1.16 bits per heavy atom. The lowest BCUT2D eigenvalue weighted by Crippen LogP contribution is -2.23. The van der Waals surface area contributed by atoms with Crippen molar-refractivity contribution >= 4 is 28.5 Å². The average Bonchev–Trinajstić information content (AvgIpc) is 3.06. The number of nitrogens with zero attached hydrogens (tertiary/aromatic N) is 1. The molecule has 0 saturated heterocycles. The first kappa shape index (κ1) is 11.2. The van der Waals surface area contributed by atoms with Crippen LogP contribution in [-0.4, -0.2) is 26.6 Å². The Bertz CT molecular complexity index is 743. The third-order valence-corrected chi connectivity index (χ3v) is 2.77. The molecule has 6 nitrogen and oxygen atoms in total. The van der Waals surface area contributed by atoms with Crippen LogP contribution in [0.5, 0.6) is 0 Å². The molecular formula is C13H10N4O2. The monoisotopic (exact) mass is 254 g/mol. The third kappa shape index (κ3) is 1.99. The van der Waals surface area contributed by atoms with Crippen molar-refractivity contribution in [2.75, 3.05) is 5.32 Å². The number of Topliss-reactive ketones (excluding diaryl/α,β-unsaturated/α-hetero) is 1. The zero-order chi connectivity index (χ0) is 13.2. The summed E-state index contributed by atoms with van der Waals surface area (Å²) in [6, 6.07) is 7.31. The fourth-order valence-corrected chi connectivity index (χ4v) is 1.88. The first-order valence-electron chi connectivity index (χ1n) is 5.67. The number of hydrogen-bond acceptors (Lipinski definition) is 3. The highest BCUT2D eigenvalue weighted by molar-refractivity contribution is 6.48. The van der Waals surface area contributed by atoms with E-state index in [-0.39, 0.29) is 5.95 Å². The Hall–Kier alpha value is -2.89. The largest absolute Gasteiger partial charge is 0.360 e. The van der Waals surface area contributed by atoms with Crippen molar-refractivity contribution in [2.45, 2.75) is 0 Å². The van der Waals surface area contributed by atoms with E-state index in [0.717, 1.165) is 10.9 Å². The summed E-state index contributed by atoms with van der Waals surface area (Å²) in [7, 11) is 0. The zero-order valence-electron chi connectivity index (χ0n) is 9.81. The molecule has 0 aliphatic carbocycles. The van der Waals surface area contributed by atoms with E-state index in [9.17, 15) is 9.59 Å². The number of amides is 1. The third-order valence-electron chi connectivity index (χ3n) is 2.77. The maximum absolute atomic E-state index is 12.1. The predicted molar refractivity (Wildman–Crippen MR) is 69.8 cm³/mol. The van der Waals surface area contributed by atoms with Crippen LogP contribution in [0.25, 0.3) is 10.9 Å². The predicted octanol–water partition coefficient (Wildman–Crippen LogP) is 1.71. The standard InChI is InChI=1S/C13H10N4O2/c18-11(12(19)17-13-14-5-6-15-13)9-7-16-10-4-2-1-3-8(9)10/h1-7,16H,(H2,14,15,17,19). The van der Waals surface area contributed by atoms with E-state index in [4.69, 9.17) is 0 Å². The zero-order valence-corrected chi connectivity index (χ0v) is 9.81. The fraction of sp³-hybridized carbons (Fsp3) is 0. The highest BCUT2D eigenvalue weighted by atomic mass is 16.2. The highest BCUT2D eigenvalue weighted by Gasteiger charge is 2.20. The molecule has 94 valence electrons. The van der Waals surface area contributed by atoms with Gasteiger partial charge in [-0.15, -0.1) is 0 Å². The van der Waals surface area contributed by atoms with Gasteiger partial charge in [0.2, 0.25) is 5.95 Å². The van der Waals surface area contributed by atoms with Crippen LogP contribution in [0.3, 0.4) is 0 Å². The molecule has 1 amide bonds. The second-order valence-corrected chi connectivity index (χ2v) is 3.97. The Morgan fingerprint density at radius 3 is 2.79 bits per heavy atom. The Balaban J connectivity index is 1.89. The van der Waals surface area contributed by atoms with Crippen LogP contribution in [0.4, 0.5) is 5.95 Å². The van der Waals surface area contributed by atoms with Crippen molar-refractivity contribution in [1.82, 2.24) is 15.0 Å². The number of aromatic nitrogens is 3. The smallest absolute Gasteiger partial charge is 0.299 e. The number of benzene rings is 1. The van der Waals surface area contributed by atoms with Crippen LogP contribution in [0.1, 0.15) is 10.4 Å². The minimum absolute atomic E-state index is 0.248. The van der Waals surface area contributed by atoms with Crippen molar-refractivity contribution in [3.63, 3.8) is 0 Å². The molecule has 3 N–H and O–H groups in total. The molecule has 3 aromatic rings. The van der Waals surface area contributed by atoms with Crippen molar-refractivity contribution in [2.24, 2.45) is 0 Å². The first-order chi connectivity index (χ1) is 9.25. The highest BCUT2D eigenvalue weighted by Crippen LogP contribution is 2.18. The molecule has 0 radical (unpaired) electrons. The van der Waals surface area contributed by atoms with Gasteiger partial charge in [-0.3, -0.25) is 14.9 Å². The summed E-state index contributed by atoms with van der Waals surface area (Å²) in [5.41, 5.74) is 1.16. The number of rotatable bonds is 3. The van der Waals surface area contributed by atoms with Gasteiger partial charge in [-0.05, 0) is 6.07 Å². The van der Waals surface area contributed by atoms with Gasteiger partial charge in [0.1, 0.15) is 0 Å². The Morgan fingerprint density at radius 2 is 2.00 bits per heavy atom. The lowest BCUT2D eigenvalue weighted by Gasteiger charge is -2.00. The summed E-state index contributed by atoms with van der Waals surface area (Å²) in [5, 5.41) is 3.13. The Kier molecular flexibility index (Phi) is 2.60. The van der Waals surface area contributed by atoms with Crippen LogP contribution in [0.2, 0.25) is 0 Å². The van der Waals surface area contributed by atoms with E-state index in [0.29, 0.717) is 5.56 Å². The quantitative estimate of drug-likeness (QED) is 0.491.